The minimum atomic E-state index is -0.375. The number of morpholine rings is 1. The predicted octanol–water partition coefficient (Wildman–Crippen LogP) is 1.33. The quantitative estimate of drug-likeness (QED) is 0.602. The maximum Gasteiger partial charge on any atom is 0.125 e. The standard InChI is InChI=1S/C12H16FN3O/c1-8-7-16(4-5-17-8)11-3-2-9(13)6-10(11)12(14)15/h2-3,6,8H,4-5,7H2,1H3,(H3,14,15). The molecule has 2 rings (SSSR count). The Hall–Kier alpha value is -1.62. The van der Waals surface area contributed by atoms with Crippen LogP contribution in [0.2, 0.25) is 0 Å². The van der Waals surface area contributed by atoms with Gasteiger partial charge in [0, 0.05) is 24.3 Å². The van der Waals surface area contributed by atoms with E-state index in [-0.39, 0.29) is 17.8 Å². The second-order valence-corrected chi connectivity index (χ2v) is 4.20. The molecule has 0 spiro atoms. The van der Waals surface area contributed by atoms with Crippen molar-refractivity contribution in [3.63, 3.8) is 0 Å². The van der Waals surface area contributed by atoms with Gasteiger partial charge in [0.05, 0.1) is 12.7 Å². The van der Waals surface area contributed by atoms with Crippen molar-refractivity contribution in [3.05, 3.63) is 29.6 Å². The monoisotopic (exact) mass is 237 g/mol. The molecule has 4 nitrogen and oxygen atoms in total. The van der Waals surface area contributed by atoms with Crippen LogP contribution in [0.25, 0.3) is 0 Å². The molecule has 0 radical (unpaired) electrons. The zero-order valence-corrected chi connectivity index (χ0v) is 9.74. The summed E-state index contributed by atoms with van der Waals surface area (Å²) < 4.78 is 18.6. The molecular weight excluding hydrogens is 221 g/mol. The Morgan fingerprint density at radius 3 is 3.00 bits per heavy atom. The summed E-state index contributed by atoms with van der Waals surface area (Å²) in [6.45, 7) is 4.08. The van der Waals surface area contributed by atoms with E-state index in [1.165, 1.54) is 12.1 Å². The summed E-state index contributed by atoms with van der Waals surface area (Å²) >= 11 is 0. The van der Waals surface area contributed by atoms with Gasteiger partial charge in [-0.1, -0.05) is 0 Å². The molecule has 0 saturated carbocycles. The summed E-state index contributed by atoms with van der Waals surface area (Å²) in [5, 5.41) is 7.49. The molecule has 1 fully saturated rings. The Labute approximate surface area is 99.7 Å². The second-order valence-electron chi connectivity index (χ2n) is 4.20. The molecule has 1 unspecified atom stereocenters. The van der Waals surface area contributed by atoms with Crippen LogP contribution >= 0.6 is 0 Å². The van der Waals surface area contributed by atoms with Crippen molar-refractivity contribution in [2.75, 3.05) is 24.6 Å². The van der Waals surface area contributed by atoms with E-state index in [2.05, 4.69) is 4.90 Å². The molecule has 0 aliphatic carbocycles. The first-order valence-electron chi connectivity index (χ1n) is 5.58. The van der Waals surface area contributed by atoms with Crippen LogP contribution in [0.3, 0.4) is 0 Å². The molecule has 92 valence electrons. The number of ether oxygens (including phenoxy) is 1. The third-order valence-corrected chi connectivity index (χ3v) is 2.83. The fourth-order valence-corrected chi connectivity index (χ4v) is 2.04. The molecule has 5 heteroatoms. The highest BCUT2D eigenvalue weighted by molar-refractivity contribution is 6.00. The highest BCUT2D eigenvalue weighted by Crippen LogP contribution is 2.23. The lowest BCUT2D eigenvalue weighted by Gasteiger charge is -2.34. The van der Waals surface area contributed by atoms with Crippen LogP contribution in [0, 0.1) is 11.2 Å². The van der Waals surface area contributed by atoms with Gasteiger partial charge in [0.2, 0.25) is 0 Å². The summed E-state index contributed by atoms with van der Waals surface area (Å²) in [6.07, 6.45) is 0.133. The van der Waals surface area contributed by atoms with Crippen LogP contribution in [-0.2, 0) is 4.74 Å². The molecular formula is C12H16FN3O. The van der Waals surface area contributed by atoms with Crippen molar-refractivity contribution in [1.82, 2.24) is 0 Å². The van der Waals surface area contributed by atoms with Crippen LogP contribution in [0.5, 0.6) is 0 Å². The Bertz CT molecular complexity index is 436. The normalized spacial score (nSPS) is 20.4. The average Bonchev–Trinajstić information content (AvgIpc) is 2.28. The maximum absolute atomic E-state index is 13.2. The number of anilines is 1. The van der Waals surface area contributed by atoms with E-state index in [1.807, 2.05) is 6.92 Å². The summed E-state index contributed by atoms with van der Waals surface area (Å²) in [6, 6.07) is 4.36. The number of nitrogens with two attached hydrogens (primary N) is 1. The van der Waals surface area contributed by atoms with Gasteiger partial charge < -0.3 is 15.4 Å². The van der Waals surface area contributed by atoms with Gasteiger partial charge in [-0.05, 0) is 25.1 Å². The van der Waals surface area contributed by atoms with Gasteiger partial charge in [-0.25, -0.2) is 4.39 Å². The highest BCUT2D eigenvalue weighted by Gasteiger charge is 2.20. The summed E-state index contributed by atoms with van der Waals surface area (Å²) in [4.78, 5) is 2.07. The molecule has 0 amide bonds. The largest absolute Gasteiger partial charge is 0.384 e. The van der Waals surface area contributed by atoms with Crippen molar-refractivity contribution in [3.8, 4) is 0 Å². The second kappa shape index (κ2) is 4.71. The first kappa shape index (κ1) is 11.9. The van der Waals surface area contributed by atoms with Crippen LogP contribution in [0.15, 0.2) is 18.2 Å². The molecule has 0 bridgehead atoms. The van der Waals surface area contributed by atoms with Crippen LogP contribution < -0.4 is 10.6 Å². The van der Waals surface area contributed by atoms with E-state index < -0.39 is 0 Å². The van der Waals surface area contributed by atoms with E-state index in [9.17, 15) is 4.39 Å². The van der Waals surface area contributed by atoms with E-state index in [0.29, 0.717) is 12.2 Å². The molecule has 1 aromatic rings. The third kappa shape index (κ3) is 2.55. The smallest absolute Gasteiger partial charge is 0.125 e. The molecule has 0 aromatic heterocycles. The minimum absolute atomic E-state index is 0.112. The number of hydrogen-bond acceptors (Lipinski definition) is 3. The first-order chi connectivity index (χ1) is 8.08. The molecule has 1 aromatic carbocycles. The fraction of sp³-hybridized carbons (Fsp3) is 0.417. The van der Waals surface area contributed by atoms with Crippen LogP contribution in [0.1, 0.15) is 12.5 Å². The maximum atomic E-state index is 13.2. The Kier molecular flexibility index (Phi) is 3.28. The highest BCUT2D eigenvalue weighted by atomic mass is 19.1. The number of nitrogens with zero attached hydrogens (tertiary/aromatic N) is 1. The van der Waals surface area contributed by atoms with E-state index >= 15 is 0 Å². The van der Waals surface area contributed by atoms with Gasteiger partial charge in [-0.3, -0.25) is 5.41 Å². The summed E-state index contributed by atoms with van der Waals surface area (Å²) in [5.41, 5.74) is 6.73. The Balaban J connectivity index is 2.33. The number of rotatable bonds is 2. The molecule has 3 N–H and O–H groups in total. The number of nitrogen functional groups attached to an aromatic ring is 1. The molecule has 1 saturated heterocycles. The van der Waals surface area contributed by atoms with Crippen LogP contribution in [0.4, 0.5) is 10.1 Å². The van der Waals surface area contributed by atoms with Gasteiger partial charge >= 0.3 is 0 Å². The molecule has 1 aliphatic heterocycles. The van der Waals surface area contributed by atoms with Gasteiger partial charge in [0.25, 0.3) is 0 Å². The minimum Gasteiger partial charge on any atom is -0.384 e. The summed E-state index contributed by atoms with van der Waals surface area (Å²) in [5.74, 6) is -0.487. The van der Waals surface area contributed by atoms with Crippen molar-refractivity contribution in [2.24, 2.45) is 5.73 Å². The van der Waals surface area contributed by atoms with Gasteiger partial charge in [-0.15, -0.1) is 0 Å². The van der Waals surface area contributed by atoms with Crippen molar-refractivity contribution in [1.29, 1.82) is 5.41 Å². The molecule has 1 heterocycles. The number of hydrogen-bond donors (Lipinski definition) is 2. The first-order valence-corrected chi connectivity index (χ1v) is 5.58. The summed E-state index contributed by atoms with van der Waals surface area (Å²) in [7, 11) is 0. The zero-order valence-electron chi connectivity index (χ0n) is 9.74. The molecule has 1 aliphatic rings. The lowest BCUT2D eigenvalue weighted by atomic mass is 10.1. The van der Waals surface area contributed by atoms with Crippen molar-refractivity contribution in [2.45, 2.75) is 13.0 Å². The van der Waals surface area contributed by atoms with E-state index in [4.69, 9.17) is 15.9 Å². The zero-order chi connectivity index (χ0) is 12.4. The lowest BCUT2D eigenvalue weighted by Crippen LogP contribution is -2.42. The van der Waals surface area contributed by atoms with E-state index in [0.717, 1.165) is 18.8 Å². The number of benzene rings is 1. The van der Waals surface area contributed by atoms with Gasteiger partial charge in [-0.2, -0.15) is 0 Å². The lowest BCUT2D eigenvalue weighted by molar-refractivity contribution is 0.0532. The van der Waals surface area contributed by atoms with Gasteiger partial charge in [0.15, 0.2) is 0 Å². The number of halogens is 1. The third-order valence-electron chi connectivity index (χ3n) is 2.83. The SMILES string of the molecule is CC1CN(c2ccc(F)cc2C(=N)N)CCO1. The fourth-order valence-electron chi connectivity index (χ4n) is 2.04. The van der Waals surface area contributed by atoms with E-state index in [1.54, 1.807) is 6.07 Å². The predicted molar refractivity (Wildman–Crippen MR) is 65.0 cm³/mol. The molecule has 1 atom stereocenters. The van der Waals surface area contributed by atoms with Crippen molar-refractivity contribution >= 4 is 11.5 Å². The van der Waals surface area contributed by atoms with Gasteiger partial charge in [0.1, 0.15) is 11.7 Å². The average molecular weight is 237 g/mol. The Morgan fingerprint density at radius 1 is 1.59 bits per heavy atom. The molecule has 17 heavy (non-hydrogen) atoms. The Morgan fingerprint density at radius 2 is 2.35 bits per heavy atom. The van der Waals surface area contributed by atoms with Crippen molar-refractivity contribution < 1.29 is 9.13 Å². The number of amidine groups is 1. The van der Waals surface area contributed by atoms with Crippen LogP contribution in [-0.4, -0.2) is 31.6 Å². The topological polar surface area (TPSA) is 62.3 Å². The number of nitrogens with one attached hydrogen (secondary N) is 1.